The summed E-state index contributed by atoms with van der Waals surface area (Å²) in [7, 11) is 4.33. The van der Waals surface area contributed by atoms with Gasteiger partial charge in [0.2, 0.25) is 0 Å². The topological polar surface area (TPSA) is 29.3 Å². The van der Waals surface area contributed by atoms with E-state index in [4.69, 9.17) is 5.73 Å². The lowest BCUT2D eigenvalue weighted by atomic mass is 10.0. The van der Waals surface area contributed by atoms with Crippen molar-refractivity contribution < 1.29 is 0 Å². The molecule has 2 nitrogen and oxygen atoms in total. The minimum absolute atomic E-state index is 0.870. The summed E-state index contributed by atoms with van der Waals surface area (Å²) in [6.07, 6.45) is 19.8. The maximum absolute atomic E-state index is 5.49. The SMILES string of the molecule is CN(C)CCCCCCCCCCCCCCCCN. The van der Waals surface area contributed by atoms with Crippen molar-refractivity contribution in [1.82, 2.24) is 4.90 Å². The fourth-order valence-electron chi connectivity index (χ4n) is 2.69. The maximum atomic E-state index is 5.49. The molecular formula is C18H40N2. The first kappa shape index (κ1) is 19.9. The van der Waals surface area contributed by atoms with Crippen molar-refractivity contribution in [3.8, 4) is 0 Å². The van der Waals surface area contributed by atoms with E-state index >= 15 is 0 Å². The predicted octanol–water partition coefficient (Wildman–Crippen LogP) is 4.97. The molecule has 0 aliphatic heterocycles. The molecule has 0 bridgehead atoms. The number of hydrogen-bond acceptors (Lipinski definition) is 2. The van der Waals surface area contributed by atoms with Gasteiger partial charge in [0, 0.05) is 0 Å². The predicted molar refractivity (Wildman–Crippen MR) is 92.2 cm³/mol. The molecule has 0 rings (SSSR count). The molecule has 2 heteroatoms. The number of nitrogens with two attached hydrogens (primary N) is 1. The smallest absolute Gasteiger partial charge is 0.00248 e. The Hall–Kier alpha value is -0.0800. The van der Waals surface area contributed by atoms with Crippen molar-refractivity contribution in [2.75, 3.05) is 27.2 Å². The average Bonchev–Trinajstić information content (AvgIpc) is 2.43. The molecular weight excluding hydrogens is 244 g/mol. The van der Waals surface area contributed by atoms with Crippen LogP contribution in [0.5, 0.6) is 0 Å². The summed E-state index contributed by atoms with van der Waals surface area (Å²) >= 11 is 0. The summed E-state index contributed by atoms with van der Waals surface area (Å²) < 4.78 is 0. The molecule has 0 saturated heterocycles. The van der Waals surface area contributed by atoms with E-state index in [0.717, 1.165) is 6.54 Å². The molecule has 0 radical (unpaired) electrons. The Bertz CT molecular complexity index is 169. The van der Waals surface area contributed by atoms with Gasteiger partial charge >= 0.3 is 0 Å². The van der Waals surface area contributed by atoms with Gasteiger partial charge in [0.25, 0.3) is 0 Å². The molecule has 0 aromatic rings. The van der Waals surface area contributed by atoms with Gasteiger partial charge in [-0.15, -0.1) is 0 Å². The van der Waals surface area contributed by atoms with E-state index in [0.29, 0.717) is 0 Å². The van der Waals surface area contributed by atoms with Crippen LogP contribution in [0.3, 0.4) is 0 Å². The second-order valence-corrected chi connectivity index (χ2v) is 6.54. The number of unbranched alkanes of at least 4 members (excludes halogenated alkanes) is 13. The zero-order chi connectivity index (χ0) is 14.9. The van der Waals surface area contributed by atoms with Crippen molar-refractivity contribution in [1.29, 1.82) is 0 Å². The summed E-state index contributed by atoms with van der Waals surface area (Å²) in [5.41, 5.74) is 5.49. The Morgan fingerprint density at radius 1 is 0.500 bits per heavy atom. The second kappa shape index (κ2) is 17.0. The molecule has 0 aliphatic carbocycles. The third kappa shape index (κ3) is 17.9. The normalized spacial score (nSPS) is 11.4. The fourth-order valence-corrected chi connectivity index (χ4v) is 2.69. The lowest BCUT2D eigenvalue weighted by molar-refractivity contribution is 0.389. The fraction of sp³-hybridized carbons (Fsp3) is 1.00. The van der Waals surface area contributed by atoms with Crippen LogP contribution in [0.25, 0.3) is 0 Å². The van der Waals surface area contributed by atoms with Crippen LogP contribution in [0.2, 0.25) is 0 Å². The van der Waals surface area contributed by atoms with Crippen molar-refractivity contribution in [2.45, 2.75) is 89.9 Å². The van der Waals surface area contributed by atoms with E-state index in [1.807, 2.05) is 0 Å². The monoisotopic (exact) mass is 284 g/mol. The summed E-state index contributed by atoms with van der Waals surface area (Å²) in [6, 6.07) is 0. The molecule has 0 aliphatic rings. The zero-order valence-electron chi connectivity index (χ0n) is 14.3. The van der Waals surface area contributed by atoms with Gasteiger partial charge in [-0.25, -0.2) is 0 Å². The van der Waals surface area contributed by atoms with Crippen molar-refractivity contribution in [2.24, 2.45) is 5.73 Å². The standard InChI is InChI=1S/C18H40N2/c1-20(2)18-16-14-12-10-8-6-4-3-5-7-9-11-13-15-17-19/h3-19H2,1-2H3. The third-order valence-electron chi connectivity index (χ3n) is 4.06. The first-order valence-corrected chi connectivity index (χ1v) is 9.12. The van der Waals surface area contributed by atoms with Crippen LogP contribution in [0.4, 0.5) is 0 Å². The lowest BCUT2D eigenvalue weighted by Gasteiger charge is -2.08. The Balaban J connectivity index is 2.92. The zero-order valence-corrected chi connectivity index (χ0v) is 14.3. The molecule has 0 aromatic carbocycles. The van der Waals surface area contributed by atoms with Crippen LogP contribution in [-0.2, 0) is 0 Å². The molecule has 0 unspecified atom stereocenters. The highest BCUT2D eigenvalue weighted by Gasteiger charge is 1.94. The largest absolute Gasteiger partial charge is 0.330 e. The van der Waals surface area contributed by atoms with E-state index in [2.05, 4.69) is 19.0 Å². The maximum Gasteiger partial charge on any atom is -0.00248 e. The summed E-state index contributed by atoms with van der Waals surface area (Å²) in [5.74, 6) is 0. The number of rotatable bonds is 16. The third-order valence-corrected chi connectivity index (χ3v) is 4.06. The molecule has 0 atom stereocenters. The van der Waals surface area contributed by atoms with Crippen LogP contribution >= 0.6 is 0 Å². The Morgan fingerprint density at radius 3 is 1.10 bits per heavy atom. The number of nitrogens with zero attached hydrogens (tertiary/aromatic N) is 1. The highest BCUT2D eigenvalue weighted by molar-refractivity contribution is 4.50. The van der Waals surface area contributed by atoms with Gasteiger partial charge in [0.1, 0.15) is 0 Å². The van der Waals surface area contributed by atoms with Crippen LogP contribution in [0, 0.1) is 0 Å². The quantitative estimate of drug-likeness (QED) is 0.406. The minimum Gasteiger partial charge on any atom is -0.330 e. The van der Waals surface area contributed by atoms with Crippen molar-refractivity contribution >= 4 is 0 Å². The van der Waals surface area contributed by atoms with Gasteiger partial charge in [-0.1, -0.05) is 77.0 Å². The van der Waals surface area contributed by atoms with Crippen LogP contribution in [0.15, 0.2) is 0 Å². The lowest BCUT2D eigenvalue weighted by Crippen LogP contribution is -2.12. The van der Waals surface area contributed by atoms with E-state index < -0.39 is 0 Å². The molecule has 0 heterocycles. The van der Waals surface area contributed by atoms with Gasteiger partial charge in [0.15, 0.2) is 0 Å². The highest BCUT2D eigenvalue weighted by atomic mass is 15.0. The molecule has 0 saturated carbocycles. The first-order chi connectivity index (χ1) is 9.77. The van der Waals surface area contributed by atoms with E-state index in [1.165, 1.54) is 96.4 Å². The molecule has 122 valence electrons. The summed E-state index contributed by atoms with van der Waals surface area (Å²) in [4.78, 5) is 2.29. The first-order valence-electron chi connectivity index (χ1n) is 9.12. The molecule has 0 fully saturated rings. The van der Waals surface area contributed by atoms with Crippen molar-refractivity contribution in [3.05, 3.63) is 0 Å². The van der Waals surface area contributed by atoms with Gasteiger partial charge < -0.3 is 10.6 Å². The van der Waals surface area contributed by atoms with Gasteiger partial charge in [-0.05, 0) is 40.0 Å². The van der Waals surface area contributed by atoms with Crippen LogP contribution in [0.1, 0.15) is 89.9 Å². The summed E-state index contributed by atoms with van der Waals surface area (Å²) in [6.45, 7) is 2.13. The van der Waals surface area contributed by atoms with E-state index in [1.54, 1.807) is 0 Å². The second-order valence-electron chi connectivity index (χ2n) is 6.54. The van der Waals surface area contributed by atoms with Gasteiger partial charge in [0.05, 0.1) is 0 Å². The Labute approximate surface area is 128 Å². The summed E-state index contributed by atoms with van der Waals surface area (Å²) in [5, 5.41) is 0. The number of hydrogen-bond donors (Lipinski definition) is 1. The molecule has 0 amide bonds. The van der Waals surface area contributed by atoms with Crippen LogP contribution < -0.4 is 5.73 Å². The van der Waals surface area contributed by atoms with Crippen LogP contribution in [-0.4, -0.2) is 32.1 Å². The van der Waals surface area contributed by atoms with Gasteiger partial charge in [-0.3, -0.25) is 0 Å². The Morgan fingerprint density at radius 2 is 0.800 bits per heavy atom. The molecule has 0 spiro atoms. The average molecular weight is 285 g/mol. The van der Waals surface area contributed by atoms with Crippen molar-refractivity contribution in [3.63, 3.8) is 0 Å². The Kier molecular flexibility index (Phi) is 16.9. The molecule has 20 heavy (non-hydrogen) atoms. The van der Waals surface area contributed by atoms with Gasteiger partial charge in [-0.2, -0.15) is 0 Å². The van der Waals surface area contributed by atoms with E-state index in [-0.39, 0.29) is 0 Å². The minimum atomic E-state index is 0.870. The van der Waals surface area contributed by atoms with E-state index in [9.17, 15) is 0 Å². The molecule has 2 N–H and O–H groups in total. The molecule has 0 aromatic heterocycles. The highest BCUT2D eigenvalue weighted by Crippen LogP contribution is 2.12.